The zero-order valence-corrected chi connectivity index (χ0v) is 8.42. The second-order valence-electron chi connectivity index (χ2n) is 2.74. The van der Waals surface area contributed by atoms with Gasteiger partial charge in [0.05, 0.1) is 0 Å². The summed E-state index contributed by atoms with van der Waals surface area (Å²) in [5.41, 5.74) is 0.983. The van der Waals surface area contributed by atoms with Crippen LogP contribution in [0.25, 0.3) is 0 Å². The van der Waals surface area contributed by atoms with Gasteiger partial charge in [-0.15, -0.1) is 11.3 Å². The quantitative estimate of drug-likeness (QED) is 0.827. The highest BCUT2D eigenvalue weighted by atomic mass is 32.1. The van der Waals surface area contributed by atoms with E-state index in [1.165, 1.54) is 0 Å². The largest absolute Gasteiger partial charge is 0.361 e. The van der Waals surface area contributed by atoms with Crippen molar-refractivity contribution >= 4 is 16.5 Å². The standard InChI is InChI=1S/C10H10N3S/c1-2-5-11-9(3-1)4-6-12-10-13-7-8-14-10/h1-2,5,7-8H,4,6H2,(H,12,13). The third-order valence-corrected chi connectivity index (χ3v) is 2.46. The van der Waals surface area contributed by atoms with Gasteiger partial charge in [0.25, 0.3) is 0 Å². The molecule has 2 heterocycles. The molecule has 0 aliphatic heterocycles. The molecule has 0 fully saturated rings. The zero-order valence-electron chi connectivity index (χ0n) is 7.60. The Labute approximate surface area is 86.8 Å². The minimum absolute atomic E-state index is 0.848. The number of anilines is 1. The molecule has 0 spiro atoms. The van der Waals surface area contributed by atoms with Crippen LogP contribution in [0.1, 0.15) is 5.69 Å². The molecule has 3 nitrogen and oxygen atoms in total. The fraction of sp³-hybridized carbons (Fsp3) is 0.200. The van der Waals surface area contributed by atoms with Crippen molar-refractivity contribution in [3.63, 3.8) is 0 Å². The fourth-order valence-electron chi connectivity index (χ4n) is 1.09. The Morgan fingerprint density at radius 2 is 2.36 bits per heavy atom. The molecule has 0 aliphatic carbocycles. The van der Waals surface area contributed by atoms with Crippen molar-refractivity contribution in [1.82, 2.24) is 9.97 Å². The second-order valence-corrected chi connectivity index (χ2v) is 3.64. The summed E-state index contributed by atoms with van der Waals surface area (Å²) in [5, 5.41) is 6.13. The Balaban J connectivity index is 1.79. The summed E-state index contributed by atoms with van der Waals surface area (Å²) in [6, 6.07) is 6.83. The lowest BCUT2D eigenvalue weighted by molar-refractivity contribution is 0.956. The molecule has 0 atom stereocenters. The predicted molar refractivity (Wildman–Crippen MR) is 57.4 cm³/mol. The Bertz CT molecular complexity index is 358. The van der Waals surface area contributed by atoms with Gasteiger partial charge in [-0.05, 0) is 6.07 Å². The molecule has 2 rings (SSSR count). The molecule has 0 aliphatic rings. The van der Waals surface area contributed by atoms with Crippen molar-refractivity contribution < 1.29 is 0 Å². The van der Waals surface area contributed by atoms with Gasteiger partial charge in [-0.1, -0.05) is 6.07 Å². The second kappa shape index (κ2) is 4.72. The maximum absolute atomic E-state index is 4.19. The van der Waals surface area contributed by atoms with E-state index in [4.69, 9.17) is 0 Å². The molecule has 0 aromatic carbocycles. The Hall–Kier alpha value is -1.42. The lowest BCUT2D eigenvalue weighted by Gasteiger charge is -2.00. The van der Waals surface area contributed by atoms with Crippen LogP contribution in [-0.2, 0) is 6.42 Å². The number of aromatic nitrogens is 2. The molecule has 14 heavy (non-hydrogen) atoms. The van der Waals surface area contributed by atoms with E-state index in [9.17, 15) is 0 Å². The third-order valence-electron chi connectivity index (χ3n) is 1.73. The van der Waals surface area contributed by atoms with Gasteiger partial charge in [-0.2, -0.15) is 0 Å². The smallest absolute Gasteiger partial charge is 0.182 e. The Morgan fingerprint density at radius 1 is 1.36 bits per heavy atom. The summed E-state index contributed by atoms with van der Waals surface area (Å²) >= 11 is 1.61. The van der Waals surface area contributed by atoms with Crippen LogP contribution in [-0.4, -0.2) is 16.5 Å². The van der Waals surface area contributed by atoms with Crippen LogP contribution in [0.5, 0.6) is 0 Å². The fourth-order valence-corrected chi connectivity index (χ4v) is 1.65. The Kier molecular flexibility index (Phi) is 3.08. The minimum Gasteiger partial charge on any atom is -0.361 e. The topological polar surface area (TPSA) is 37.8 Å². The molecule has 0 unspecified atom stereocenters. The third kappa shape index (κ3) is 2.53. The molecule has 1 N–H and O–H groups in total. The van der Waals surface area contributed by atoms with E-state index >= 15 is 0 Å². The number of pyridine rings is 1. The summed E-state index contributed by atoms with van der Waals surface area (Å²) < 4.78 is 0. The SMILES string of the molecule is [c]1cccnc1CCNc1nccs1. The van der Waals surface area contributed by atoms with Crippen LogP contribution < -0.4 is 5.32 Å². The van der Waals surface area contributed by atoms with Gasteiger partial charge in [0.1, 0.15) is 0 Å². The zero-order chi connectivity index (χ0) is 9.64. The average Bonchev–Trinajstić information content (AvgIpc) is 2.72. The molecular formula is C10H10N3S. The van der Waals surface area contributed by atoms with E-state index in [0.29, 0.717) is 0 Å². The number of nitrogens with zero attached hydrogens (tertiary/aromatic N) is 2. The molecule has 0 amide bonds. The molecular weight excluding hydrogens is 194 g/mol. The highest BCUT2D eigenvalue weighted by molar-refractivity contribution is 7.13. The molecule has 71 valence electrons. The van der Waals surface area contributed by atoms with E-state index in [1.807, 2.05) is 17.5 Å². The lowest BCUT2D eigenvalue weighted by Crippen LogP contribution is -2.05. The van der Waals surface area contributed by atoms with Crippen molar-refractivity contribution in [3.8, 4) is 0 Å². The van der Waals surface area contributed by atoms with Crippen LogP contribution in [0.4, 0.5) is 5.13 Å². The molecule has 2 aromatic heterocycles. The van der Waals surface area contributed by atoms with Crippen LogP contribution >= 0.6 is 11.3 Å². The highest BCUT2D eigenvalue weighted by Crippen LogP contribution is 2.09. The number of rotatable bonds is 4. The highest BCUT2D eigenvalue weighted by Gasteiger charge is 1.95. The average molecular weight is 204 g/mol. The van der Waals surface area contributed by atoms with Gasteiger partial charge in [0, 0.05) is 42.5 Å². The van der Waals surface area contributed by atoms with E-state index in [0.717, 1.165) is 23.8 Å². The maximum Gasteiger partial charge on any atom is 0.182 e. The molecule has 0 saturated heterocycles. The summed E-state index contributed by atoms with van der Waals surface area (Å²) in [7, 11) is 0. The number of hydrogen-bond donors (Lipinski definition) is 1. The first kappa shape index (κ1) is 9.15. The molecule has 1 radical (unpaired) electrons. The van der Waals surface area contributed by atoms with E-state index < -0.39 is 0 Å². The molecule has 0 saturated carbocycles. The molecule has 4 heteroatoms. The molecule has 0 bridgehead atoms. The monoisotopic (exact) mass is 204 g/mol. The summed E-state index contributed by atoms with van der Waals surface area (Å²) in [6.45, 7) is 0.848. The molecule has 2 aromatic rings. The van der Waals surface area contributed by atoms with E-state index in [-0.39, 0.29) is 0 Å². The summed E-state index contributed by atoms with van der Waals surface area (Å²) in [5.74, 6) is 0. The van der Waals surface area contributed by atoms with Gasteiger partial charge in [0.2, 0.25) is 0 Å². The predicted octanol–water partition coefficient (Wildman–Crippen LogP) is 1.99. The number of thiazole rings is 1. The summed E-state index contributed by atoms with van der Waals surface area (Å²) in [6.07, 6.45) is 4.45. The van der Waals surface area contributed by atoms with Crippen LogP contribution in [0.3, 0.4) is 0 Å². The first-order chi connectivity index (χ1) is 6.95. The normalized spacial score (nSPS) is 10.0. The van der Waals surface area contributed by atoms with Crippen LogP contribution in [0.2, 0.25) is 0 Å². The Morgan fingerprint density at radius 3 is 3.07 bits per heavy atom. The van der Waals surface area contributed by atoms with Crippen molar-refractivity contribution in [2.45, 2.75) is 6.42 Å². The van der Waals surface area contributed by atoms with Gasteiger partial charge >= 0.3 is 0 Å². The van der Waals surface area contributed by atoms with Gasteiger partial charge in [-0.25, -0.2) is 4.98 Å². The minimum atomic E-state index is 0.848. The first-order valence-corrected chi connectivity index (χ1v) is 5.28. The van der Waals surface area contributed by atoms with Gasteiger partial charge in [0.15, 0.2) is 5.13 Å². The van der Waals surface area contributed by atoms with Crippen LogP contribution in [0.15, 0.2) is 29.9 Å². The van der Waals surface area contributed by atoms with Crippen molar-refractivity contribution in [1.29, 1.82) is 0 Å². The summed E-state index contributed by atoms with van der Waals surface area (Å²) in [4.78, 5) is 8.31. The van der Waals surface area contributed by atoms with Crippen molar-refractivity contribution in [3.05, 3.63) is 41.7 Å². The lowest BCUT2D eigenvalue weighted by atomic mass is 10.3. The van der Waals surface area contributed by atoms with Crippen molar-refractivity contribution in [2.75, 3.05) is 11.9 Å². The van der Waals surface area contributed by atoms with Crippen LogP contribution in [0, 0.1) is 6.07 Å². The van der Waals surface area contributed by atoms with E-state index in [2.05, 4.69) is 21.4 Å². The van der Waals surface area contributed by atoms with Gasteiger partial charge in [-0.3, -0.25) is 4.98 Å². The van der Waals surface area contributed by atoms with Gasteiger partial charge < -0.3 is 5.32 Å². The van der Waals surface area contributed by atoms with Crippen molar-refractivity contribution in [2.24, 2.45) is 0 Å². The van der Waals surface area contributed by atoms with E-state index in [1.54, 1.807) is 23.7 Å². The first-order valence-electron chi connectivity index (χ1n) is 4.40. The number of hydrogen-bond acceptors (Lipinski definition) is 4. The number of nitrogens with one attached hydrogen (secondary N) is 1. The maximum atomic E-state index is 4.19.